The average Bonchev–Trinajstić information content (AvgIpc) is 3.00. The molecule has 0 aromatic carbocycles. The van der Waals surface area contributed by atoms with E-state index in [0.29, 0.717) is 11.2 Å². The van der Waals surface area contributed by atoms with Crippen LogP contribution in [-0.4, -0.2) is 71.9 Å². The van der Waals surface area contributed by atoms with Crippen LogP contribution in [-0.2, 0) is 4.74 Å². The zero-order valence-electron chi connectivity index (χ0n) is 10.4. The van der Waals surface area contributed by atoms with Crippen LogP contribution in [0.25, 0.3) is 11.2 Å². The number of nitrogens with two attached hydrogens (primary N) is 1. The van der Waals surface area contributed by atoms with Crippen LogP contribution in [0.1, 0.15) is 0 Å². The van der Waals surface area contributed by atoms with E-state index in [9.17, 15) is 5.11 Å². The van der Waals surface area contributed by atoms with E-state index in [4.69, 9.17) is 32.7 Å². The highest BCUT2D eigenvalue weighted by Crippen LogP contribution is 2.17. The van der Waals surface area contributed by atoms with Gasteiger partial charge in [0.1, 0.15) is 12.2 Å². The standard InChI is InChI=1S/C5H9O5.C4H3ClN6/c6-1-2-3(7)4(8)5(9)10-2;5-2-1-3(10-11-9-1)8-4(6)7-2/h2-8H,1H2;(H3,6,7,8,9,10,11)/q-1;/t2-,3-,4-,5?;/m1./s1. The molecule has 3 heterocycles. The molecule has 21 heavy (non-hydrogen) atoms. The van der Waals surface area contributed by atoms with E-state index >= 15 is 0 Å². The van der Waals surface area contributed by atoms with Gasteiger partial charge in [-0.1, -0.05) is 11.6 Å². The summed E-state index contributed by atoms with van der Waals surface area (Å²) in [7, 11) is 0. The number of nitrogens with one attached hydrogen (secondary N) is 1. The topological polar surface area (TPSA) is 186 Å². The van der Waals surface area contributed by atoms with Gasteiger partial charge in [0.15, 0.2) is 10.7 Å². The number of nitrogens with zero attached hydrogens (tertiary/aromatic N) is 4. The second kappa shape index (κ2) is 6.43. The summed E-state index contributed by atoms with van der Waals surface area (Å²) >= 11 is 5.65. The third kappa shape index (κ3) is 3.34. The van der Waals surface area contributed by atoms with Gasteiger partial charge in [0.2, 0.25) is 11.6 Å². The van der Waals surface area contributed by atoms with Crippen molar-refractivity contribution in [3.05, 3.63) is 5.15 Å². The van der Waals surface area contributed by atoms with Crippen LogP contribution < -0.4 is 10.8 Å². The van der Waals surface area contributed by atoms with Gasteiger partial charge in [-0.25, -0.2) is 0 Å². The van der Waals surface area contributed by atoms with Gasteiger partial charge in [0.05, 0.1) is 12.7 Å². The van der Waals surface area contributed by atoms with Crippen LogP contribution in [0.5, 0.6) is 0 Å². The van der Waals surface area contributed by atoms with Gasteiger partial charge in [-0.15, -0.1) is 5.10 Å². The molecule has 0 radical (unpaired) electrons. The normalized spacial score (nSPS) is 28.4. The highest BCUT2D eigenvalue weighted by atomic mass is 35.5. The molecule has 12 heteroatoms. The SMILES string of the molecule is Nc1nc(Cl)c2n[nH]nc2n1.[O-]C1O[C@H](CO)[C@@H](O)[C@H]1O. The Bertz CT molecular complexity index is 611. The lowest BCUT2D eigenvalue weighted by atomic mass is 10.1. The number of aromatic nitrogens is 5. The molecule has 0 saturated carbocycles. The van der Waals surface area contributed by atoms with E-state index in [1.807, 2.05) is 0 Å². The Morgan fingerprint density at radius 3 is 2.52 bits per heavy atom. The number of halogens is 1. The van der Waals surface area contributed by atoms with Crippen molar-refractivity contribution in [2.24, 2.45) is 0 Å². The number of fused-ring (bicyclic) bond motifs is 1. The number of hydrogen-bond acceptors (Lipinski definition) is 10. The third-order valence-corrected chi connectivity index (χ3v) is 2.92. The molecule has 1 unspecified atom stereocenters. The number of aliphatic hydroxyl groups is 3. The number of nitrogen functional groups attached to an aromatic ring is 1. The molecule has 0 amide bonds. The molecule has 2 aromatic rings. The molecule has 0 bridgehead atoms. The van der Waals surface area contributed by atoms with Gasteiger partial charge in [-0.05, 0) is 0 Å². The number of H-pyrrole nitrogens is 1. The number of ether oxygens (including phenoxy) is 1. The van der Waals surface area contributed by atoms with Crippen molar-refractivity contribution in [2.75, 3.05) is 12.3 Å². The van der Waals surface area contributed by atoms with Crippen LogP contribution in [0.3, 0.4) is 0 Å². The average molecular weight is 320 g/mol. The van der Waals surface area contributed by atoms with Crippen molar-refractivity contribution in [1.29, 1.82) is 0 Å². The first kappa shape index (κ1) is 15.8. The van der Waals surface area contributed by atoms with E-state index in [2.05, 4.69) is 30.1 Å². The van der Waals surface area contributed by atoms with Gasteiger partial charge in [-0.2, -0.15) is 20.3 Å². The van der Waals surface area contributed by atoms with Crippen LogP contribution >= 0.6 is 11.6 Å². The number of rotatable bonds is 1. The highest BCUT2D eigenvalue weighted by Gasteiger charge is 2.36. The molecule has 2 aromatic heterocycles. The monoisotopic (exact) mass is 319 g/mol. The van der Waals surface area contributed by atoms with Crippen LogP contribution in [0.4, 0.5) is 5.95 Å². The summed E-state index contributed by atoms with van der Waals surface area (Å²) in [6.45, 7) is -0.447. The Hall–Kier alpha value is -1.63. The Kier molecular flexibility index (Phi) is 4.82. The fourth-order valence-electron chi connectivity index (χ4n) is 1.59. The summed E-state index contributed by atoms with van der Waals surface area (Å²) in [5.41, 5.74) is 6.10. The summed E-state index contributed by atoms with van der Waals surface area (Å²) < 4.78 is 4.43. The highest BCUT2D eigenvalue weighted by molar-refractivity contribution is 6.33. The van der Waals surface area contributed by atoms with E-state index in [-0.39, 0.29) is 11.1 Å². The molecule has 11 nitrogen and oxygen atoms in total. The predicted octanol–water partition coefficient (Wildman–Crippen LogP) is -3.23. The number of anilines is 1. The van der Waals surface area contributed by atoms with Crippen LogP contribution in [0, 0.1) is 0 Å². The summed E-state index contributed by atoms with van der Waals surface area (Å²) in [5, 5.41) is 46.6. The molecule has 1 aliphatic rings. The zero-order chi connectivity index (χ0) is 15.6. The molecule has 0 aliphatic carbocycles. The largest absolute Gasteiger partial charge is 0.829 e. The first-order chi connectivity index (χ1) is 9.93. The second-order valence-corrected chi connectivity index (χ2v) is 4.43. The van der Waals surface area contributed by atoms with Crippen molar-refractivity contribution in [1.82, 2.24) is 25.4 Å². The van der Waals surface area contributed by atoms with E-state index in [0.717, 1.165) is 0 Å². The Labute approximate surface area is 122 Å². The van der Waals surface area contributed by atoms with Gasteiger partial charge in [0, 0.05) is 6.29 Å². The van der Waals surface area contributed by atoms with Gasteiger partial charge in [-0.3, -0.25) is 0 Å². The molecule has 1 saturated heterocycles. The Balaban J connectivity index is 0.000000155. The first-order valence-corrected chi connectivity index (χ1v) is 6.09. The maximum atomic E-state index is 10.5. The maximum absolute atomic E-state index is 10.5. The summed E-state index contributed by atoms with van der Waals surface area (Å²) in [4.78, 5) is 7.46. The minimum absolute atomic E-state index is 0.0939. The lowest BCUT2D eigenvalue weighted by Gasteiger charge is -2.18. The van der Waals surface area contributed by atoms with Crippen molar-refractivity contribution in [2.45, 2.75) is 24.6 Å². The molecule has 0 spiro atoms. The summed E-state index contributed by atoms with van der Waals surface area (Å²) in [6.07, 6.45) is -5.24. The minimum Gasteiger partial charge on any atom is -0.829 e. The van der Waals surface area contributed by atoms with Crippen LogP contribution in [0.15, 0.2) is 0 Å². The zero-order valence-corrected chi connectivity index (χ0v) is 11.2. The van der Waals surface area contributed by atoms with E-state index in [1.54, 1.807) is 0 Å². The van der Waals surface area contributed by atoms with E-state index in [1.165, 1.54) is 0 Å². The number of aromatic amines is 1. The summed E-state index contributed by atoms with van der Waals surface area (Å²) in [6, 6.07) is 0. The molecule has 1 fully saturated rings. The Morgan fingerprint density at radius 1 is 1.29 bits per heavy atom. The second-order valence-electron chi connectivity index (χ2n) is 4.08. The van der Waals surface area contributed by atoms with Crippen molar-refractivity contribution in [3.8, 4) is 0 Å². The number of aliphatic hydroxyl groups excluding tert-OH is 3. The lowest BCUT2D eigenvalue weighted by Crippen LogP contribution is -2.39. The third-order valence-electron chi connectivity index (χ3n) is 2.66. The van der Waals surface area contributed by atoms with Gasteiger partial charge >= 0.3 is 0 Å². The molecule has 4 atom stereocenters. The van der Waals surface area contributed by atoms with Crippen LogP contribution in [0.2, 0.25) is 5.15 Å². The van der Waals surface area contributed by atoms with Gasteiger partial charge in [0.25, 0.3) is 0 Å². The maximum Gasteiger partial charge on any atom is 0.223 e. The Morgan fingerprint density at radius 2 is 2.00 bits per heavy atom. The summed E-state index contributed by atoms with van der Waals surface area (Å²) in [5.74, 6) is 0.0939. The fraction of sp³-hybridized carbons (Fsp3) is 0.556. The van der Waals surface area contributed by atoms with Crippen molar-refractivity contribution in [3.63, 3.8) is 0 Å². The number of hydrogen-bond donors (Lipinski definition) is 5. The molecular formula is C9H12ClN6O5-. The lowest BCUT2D eigenvalue weighted by molar-refractivity contribution is -0.498. The molecule has 1 aliphatic heterocycles. The molecular weight excluding hydrogens is 308 g/mol. The van der Waals surface area contributed by atoms with Crippen molar-refractivity contribution < 1.29 is 25.2 Å². The molecule has 3 rings (SSSR count). The smallest absolute Gasteiger partial charge is 0.223 e. The predicted molar refractivity (Wildman–Crippen MR) is 66.7 cm³/mol. The fourth-order valence-corrected chi connectivity index (χ4v) is 1.81. The first-order valence-electron chi connectivity index (χ1n) is 5.71. The van der Waals surface area contributed by atoms with E-state index < -0.39 is 31.2 Å². The van der Waals surface area contributed by atoms with Crippen molar-refractivity contribution >= 4 is 28.7 Å². The molecule has 6 N–H and O–H groups in total. The quantitative estimate of drug-likeness (QED) is 0.334. The van der Waals surface area contributed by atoms with Gasteiger partial charge < -0.3 is 30.9 Å². The minimum atomic E-state index is -1.63. The molecule has 116 valence electrons.